The SMILES string of the molecule is COC(=O)NC1CC(CCO)CN(C2CC2)C1. The van der Waals surface area contributed by atoms with Crippen molar-refractivity contribution in [2.45, 2.75) is 37.8 Å². The monoisotopic (exact) mass is 242 g/mol. The van der Waals surface area contributed by atoms with Crippen LogP contribution in [0.3, 0.4) is 0 Å². The largest absolute Gasteiger partial charge is 0.453 e. The molecule has 2 fully saturated rings. The van der Waals surface area contributed by atoms with Crippen molar-refractivity contribution in [3.05, 3.63) is 0 Å². The molecule has 2 rings (SSSR count). The standard InChI is InChI=1S/C12H22N2O3/c1-17-12(16)13-10-6-9(4-5-15)7-14(8-10)11-2-3-11/h9-11,15H,2-8H2,1H3,(H,13,16). The molecule has 0 bridgehead atoms. The lowest BCUT2D eigenvalue weighted by atomic mass is 9.91. The molecule has 2 unspecified atom stereocenters. The minimum atomic E-state index is -0.351. The minimum Gasteiger partial charge on any atom is -0.453 e. The number of rotatable bonds is 4. The number of alkyl carbamates (subject to hydrolysis) is 1. The van der Waals surface area contributed by atoms with Gasteiger partial charge in [-0.05, 0) is 31.6 Å². The van der Waals surface area contributed by atoms with Crippen molar-refractivity contribution in [2.75, 3.05) is 26.8 Å². The van der Waals surface area contributed by atoms with Gasteiger partial charge in [0.1, 0.15) is 0 Å². The lowest BCUT2D eigenvalue weighted by molar-refractivity contribution is 0.107. The maximum Gasteiger partial charge on any atom is 0.407 e. The number of hydrogen-bond donors (Lipinski definition) is 2. The number of nitrogens with zero attached hydrogens (tertiary/aromatic N) is 1. The molecule has 1 saturated carbocycles. The molecule has 1 aliphatic carbocycles. The Hall–Kier alpha value is -0.810. The fourth-order valence-electron chi connectivity index (χ4n) is 2.70. The summed E-state index contributed by atoms with van der Waals surface area (Å²) in [5.74, 6) is 0.483. The number of carbonyl (C=O) groups excluding carboxylic acids is 1. The van der Waals surface area contributed by atoms with Crippen LogP contribution < -0.4 is 5.32 Å². The number of aliphatic hydroxyl groups is 1. The molecular formula is C12H22N2O3. The number of ether oxygens (including phenoxy) is 1. The third kappa shape index (κ3) is 3.57. The molecule has 0 aromatic heterocycles. The van der Waals surface area contributed by atoms with Crippen molar-refractivity contribution >= 4 is 6.09 Å². The van der Waals surface area contributed by atoms with Crippen LogP contribution in [0.1, 0.15) is 25.7 Å². The summed E-state index contributed by atoms with van der Waals surface area (Å²) in [6, 6.07) is 0.867. The fraction of sp³-hybridized carbons (Fsp3) is 0.917. The molecule has 17 heavy (non-hydrogen) atoms. The molecule has 1 amide bonds. The van der Waals surface area contributed by atoms with Gasteiger partial charge in [0.2, 0.25) is 0 Å². The van der Waals surface area contributed by atoms with Gasteiger partial charge >= 0.3 is 6.09 Å². The van der Waals surface area contributed by atoms with Crippen LogP contribution in [-0.4, -0.2) is 55.0 Å². The van der Waals surface area contributed by atoms with Crippen LogP contribution >= 0.6 is 0 Å². The number of aliphatic hydroxyl groups excluding tert-OH is 1. The molecule has 2 aliphatic rings. The van der Waals surface area contributed by atoms with E-state index in [0.29, 0.717) is 12.0 Å². The molecule has 1 aliphatic heterocycles. The average molecular weight is 242 g/mol. The third-order valence-corrected chi connectivity index (χ3v) is 3.67. The summed E-state index contributed by atoms with van der Waals surface area (Å²) in [5, 5.41) is 11.9. The van der Waals surface area contributed by atoms with E-state index in [1.54, 1.807) is 0 Å². The molecule has 2 N–H and O–H groups in total. The van der Waals surface area contributed by atoms with Crippen LogP contribution in [0.15, 0.2) is 0 Å². The Morgan fingerprint density at radius 3 is 2.82 bits per heavy atom. The normalized spacial score (nSPS) is 30.0. The Bertz CT molecular complexity index is 268. The first kappa shape index (κ1) is 12.6. The predicted octanol–water partition coefficient (Wildman–Crippen LogP) is 0.578. The Morgan fingerprint density at radius 1 is 1.47 bits per heavy atom. The van der Waals surface area contributed by atoms with Crippen molar-refractivity contribution in [3.8, 4) is 0 Å². The van der Waals surface area contributed by atoms with Crippen LogP contribution in [0, 0.1) is 5.92 Å². The zero-order valence-electron chi connectivity index (χ0n) is 10.4. The van der Waals surface area contributed by atoms with Crippen LogP contribution in [0.5, 0.6) is 0 Å². The molecule has 1 saturated heterocycles. The van der Waals surface area contributed by atoms with Gasteiger partial charge in [0.05, 0.1) is 7.11 Å². The lowest BCUT2D eigenvalue weighted by Crippen LogP contribution is -2.51. The summed E-state index contributed by atoms with van der Waals surface area (Å²) in [5.41, 5.74) is 0. The van der Waals surface area contributed by atoms with Gasteiger partial charge in [0.25, 0.3) is 0 Å². The second-order valence-electron chi connectivity index (χ2n) is 5.13. The lowest BCUT2D eigenvalue weighted by Gasteiger charge is -2.37. The maximum absolute atomic E-state index is 11.2. The van der Waals surface area contributed by atoms with Gasteiger partial charge in [0.15, 0.2) is 0 Å². The quantitative estimate of drug-likeness (QED) is 0.757. The van der Waals surface area contributed by atoms with Crippen LogP contribution in [-0.2, 0) is 4.74 Å². The van der Waals surface area contributed by atoms with Crippen molar-refractivity contribution in [1.82, 2.24) is 10.2 Å². The molecule has 98 valence electrons. The predicted molar refractivity (Wildman–Crippen MR) is 63.7 cm³/mol. The summed E-state index contributed by atoms with van der Waals surface area (Å²) in [6.07, 6.45) is 3.96. The number of carbonyl (C=O) groups is 1. The molecule has 0 aromatic carbocycles. The highest BCUT2D eigenvalue weighted by atomic mass is 16.5. The second kappa shape index (κ2) is 5.69. The Morgan fingerprint density at radius 2 is 2.24 bits per heavy atom. The number of nitrogens with one attached hydrogen (secondary N) is 1. The van der Waals surface area contributed by atoms with E-state index in [4.69, 9.17) is 5.11 Å². The van der Waals surface area contributed by atoms with Gasteiger partial charge in [-0.1, -0.05) is 0 Å². The van der Waals surface area contributed by atoms with E-state index in [9.17, 15) is 4.79 Å². The van der Waals surface area contributed by atoms with Crippen molar-refractivity contribution < 1.29 is 14.6 Å². The van der Waals surface area contributed by atoms with Crippen LogP contribution in [0.2, 0.25) is 0 Å². The van der Waals surface area contributed by atoms with Crippen LogP contribution in [0.25, 0.3) is 0 Å². The molecule has 0 aromatic rings. The summed E-state index contributed by atoms with van der Waals surface area (Å²) in [6.45, 7) is 2.21. The Kier molecular flexibility index (Phi) is 4.23. The van der Waals surface area contributed by atoms with Gasteiger partial charge in [-0.25, -0.2) is 4.79 Å². The fourth-order valence-corrected chi connectivity index (χ4v) is 2.70. The topological polar surface area (TPSA) is 61.8 Å². The molecule has 5 heteroatoms. The Balaban J connectivity index is 1.88. The van der Waals surface area contributed by atoms with E-state index in [1.807, 2.05) is 0 Å². The highest BCUT2D eigenvalue weighted by molar-refractivity contribution is 5.67. The summed E-state index contributed by atoms with van der Waals surface area (Å²) >= 11 is 0. The first-order valence-corrected chi connectivity index (χ1v) is 6.42. The molecule has 1 heterocycles. The first-order chi connectivity index (χ1) is 8.22. The maximum atomic E-state index is 11.2. The molecule has 5 nitrogen and oxygen atoms in total. The molecule has 0 radical (unpaired) electrons. The van der Waals surface area contributed by atoms with Gasteiger partial charge in [-0.2, -0.15) is 0 Å². The van der Waals surface area contributed by atoms with Gasteiger partial charge in [-0.15, -0.1) is 0 Å². The van der Waals surface area contributed by atoms with Crippen LogP contribution in [0.4, 0.5) is 4.79 Å². The smallest absolute Gasteiger partial charge is 0.407 e. The third-order valence-electron chi connectivity index (χ3n) is 3.67. The van der Waals surface area contributed by atoms with E-state index < -0.39 is 0 Å². The second-order valence-corrected chi connectivity index (χ2v) is 5.13. The number of amides is 1. The van der Waals surface area contributed by atoms with E-state index >= 15 is 0 Å². The van der Waals surface area contributed by atoms with Gasteiger partial charge < -0.3 is 15.2 Å². The van der Waals surface area contributed by atoms with Crippen molar-refractivity contribution in [2.24, 2.45) is 5.92 Å². The number of likely N-dealkylation sites (tertiary alicyclic amines) is 1. The van der Waals surface area contributed by atoms with E-state index in [-0.39, 0.29) is 18.7 Å². The van der Waals surface area contributed by atoms with Crippen molar-refractivity contribution in [3.63, 3.8) is 0 Å². The number of hydrogen-bond acceptors (Lipinski definition) is 4. The van der Waals surface area contributed by atoms with E-state index in [1.165, 1.54) is 20.0 Å². The Labute approximate surface area is 102 Å². The zero-order chi connectivity index (χ0) is 12.3. The molecular weight excluding hydrogens is 220 g/mol. The number of piperidine rings is 1. The summed E-state index contributed by atoms with van der Waals surface area (Å²) in [7, 11) is 1.39. The highest BCUT2D eigenvalue weighted by Crippen LogP contribution is 2.31. The summed E-state index contributed by atoms with van der Waals surface area (Å²) < 4.78 is 4.64. The minimum absolute atomic E-state index is 0.161. The highest BCUT2D eigenvalue weighted by Gasteiger charge is 2.36. The average Bonchev–Trinajstić information content (AvgIpc) is 3.12. The van der Waals surface area contributed by atoms with Gasteiger partial charge in [-0.3, -0.25) is 4.90 Å². The number of methoxy groups -OCH3 is 1. The van der Waals surface area contributed by atoms with Gasteiger partial charge in [0, 0.05) is 31.8 Å². The van der Waals surface area contributed by atoms with Crippen molar-refractivity contribution in [1.29, 1.82) is 0 Å². The zero-order valence-corrected chi connectivity index (χ0v) is 10.4. The van der Waals surface area contributed by atoms with E-state index in [0.717, 1.165) is 25.9 Å². The molecule has 2 atom stereocenters. The molecule has 0 spiro atoms. The first-order valence-electron chi connectivity index (χ1n) is 6.42. The summed E-state index contributed by atoms with van der Waals surface area (Å²) in [4.78, 5) is 13.7. The van der Waals surface area contributed by atoms with E-state index in [2.05, 4.69) is 15.0 Å².